The van der Waals surface area contributed by atoms with Gasteiger partial charge in [-0.25, -0.2) is 18.2 Å². The molecule has 1 aromatic carbocycles. The maximum Gasteiger partial charge on any atom is 0.257 e. The predicted molar refractivity (Wildman–Crippen MR) is 132 cm³/mol. The Morgan fingerprint density at radius 1 is 1.16 bits per heavy atom. The van der Waals surface area contributed by atoms with Crippen LogP contribution in [0, 0.1) is 23.5 Å². The number of alkyl halides is 1. The van der Waals surface area contributed by atoms with Crippen LogP contribution in [0.4, 0.5) is 19.0 Å². The SMILES string of the molecule is O=C(NC1CC(F)C2CCC12)c1cn(-c2c(F)cc(F)cc2Cl)c2nc(N3C[C@@H](O)CC3=O)ccc2c1=O. The fourth-order valence-corrected chi connectivity index (χ4v) is 6.14. The van der Waals surface area contributed by atoms with E-state index in [-0.39, 0.29) is 64.3 Å². The molecule has 1 saturated heterocycles. The lowest BCUT2D eigenvalue weighted by Gasteiger charge is -2.34. The Bertz CT molecular complexity index is 1540. The molecule has 2 aromatic heterocycles. The van der Waals surface area contributed by atoms with Crippen LogP contribution < -0.4 is 15.6 Å². The van der Waals surface area contributed by atoms with Crippen molar-refractivity contribution in [2.75, 3.05) is 11.4 Å². The van der Waals surface area contributed by atoms with Crippen molar-refractivity contribution in [3.05, 3.63) is 62.9 Å². The number of amides is 2. The van der Waals surface area contributed by atoms with Crippen molar-refractivity contribution in [1.29, 1.82) is 0 Å². The van der Waals surface area contributed by atoms with E-state index in [4.69, 9.17) is 11.6 Å². The van der Waals surface area contributed by atoms with Crippen LogP contribution in [-0.2, 0) is 4.79 Å². The number of rotatable bonds is 4. The molecule has 4 unspecified atom stereocenters. The molecule has 6 rings (SSSR count). The van der Waals surface area contributed by atoms with Crippen molar-refractivity contribution >= 4 is 40.3 Å². The van der Waals surface area contributed by atoms with Crippen LogP contribution in [0.1, 0.15) is 36.0 Å². The molecule has 3 aromatic rings. The first kappa shape index (κ1) is 24.9. The summed E-state index contributed by atoms with van der Waals surface area (Å²) in [4.78, 5) is 44.6. The van der Waals surface area contributed by atoms with Gasteiger partial charge in [0.25, 0.3) is 5.91 Å². The summed E-state index contributed by atoms with van der Waals surface area (Å²) < 4.78 is 44.2. The van der Waals surface area contributed by atoms with Crippen LogP contribution in [0.3, 0.4) is 0 Å². The fraction of sp³-hybridized carbons (Fsp3) is 0.385. The maximum atomic E-state index is 15.1. The molecule has 3 fully saturated rings. The number of aromatic nitrogens is 2. The number of nitrogens with zero attached hydrogens (tertiary/aromatic N) is 3. The van der Waals surface area contributed by atoms with Crippen LogP contribution in [0.15, 0.2) is 35.3 Å². The molecule has 0 bridgehead atoms. The third-order valence-corrected chi connectivity index (χ3v) is 8.13. The number of carbonyl (C=O) groups is 2. The summed E-state index contributed by atoms with van der Waals surface area (Å²) >= 11 is 6.20. The molecule has 0 spiro atoms. The topological polar surface area (TPSA) is 105 Å². The van der Waals surface area contributed by atoms with Gasteiger partial charge in [-0.1, -0.05) is 11.6 Å². The number of carbonyl (C=O) groups excluding carboxylic acids is 2. The number of nitrogens with one attached hydrogen (secondary N) is 1. The number of benzene rings is 1. The van der Waals surface area contributed by atoms with Crippen LogP contribution >= 0.6 is 11.6 Å². The first-order valence-corrected chi connectivity index (χ1v) is 12.6. The van der Waals surface area contributed by atoms with Gasteiger partial charge in [0.15, 0.2) is 11.5 Å². The Balaban J connectivity index is 1.50. The van der Waals surface area contributed by atoms with Crippen LogP contribution in [0.25, 0.3) is 16.7 Å². The summed E-state index contributed by atoms with van der Waals surface area (Å²) in [5.41, 5.74) is -1.54. The molecular weight excluding hydrogens is 525 g/mol. The predicted octanol–water partition coefficient (Wildman–Crippen LogP) is 3.28. The monoisotopic (exact) mass is 546 g/mol. The smallest absolute Gasteiger partial charge is 0.257 e. The fourth-order valence-electron chi connectivity index (χ4n) is 5.86. The summed E-state index contributed by atoms with van der Waals surface area (Å²) in [5, 5.41) is 12.2. The third-order valence-electron chi connectivity index (χ3n) is 7.84. The minimum Gasteiger partial charge on any atom is -0.391 e. The highest BCUT2D eigenvalue weighted by Crippen LogP contribution is 2.48. The summed E-state index contributed by atoms with van der Waals surface area (Å²) in [6.07, 6.45) is 0.744. The maximum absolute atomic E-state index is 15.1. The van der Waals surface area contributed by atoms with Crippen LogP contribution in [0.5, 0.6) is 0 Å². The molecule has 0 radical (unpaired) electrons. The first-order valence-electron chi connectivity index (χ1n) is 12.3. The molecule has 198 valence electrons. The molecule has 8 nitrogen and oxygen atoms in total. The van der Waals surface area contributed by atoms with Gasteiger partial charge in [-0.2, -0.15) is 0 Å². The summed E-state index contributed by atoms with van der Waals surface area (Å²) in [7, 11) is 0. The van der Waals surface area contributed by atoms with Gasteiger partial charge in [0, 0.05) is 18.3 Å². The van der Waals surface area contributed by atoms with E-state index < -0.39 is 47.2 Å². The lowest BCUT2D eigenvalue weighted by molar-refractivity contribution is -0.117. The van der Waals surface area contributed by atoms with Crippen molar-refractivity contribution in [2.24, 2.45) is 11.8 Å². The zero-order valence-corrected chi connectivity index (χ0v) is 20.6. The van der Waals surface area contributed by atoms with Crippen molar-refractivity contribution in [3.63, 3.8) is 0 Å². The zero-order valence-electron chi connectivity index (χ0n) is 19.8. The number of β-amino-alcohol motifs (C(OH)–C–C–N with tert-alkyl or cyclic N) is 1. The molecule has 2 aliphatic carbocycles. The average molecular weight is 547 g/mol. The highest BCUT2D eigenvalue weighted by Gasteiger charge is 2.49. The number of hydrogen-bond donors (Lipinski definition) is 2. The van der Waals surface area contributed by atoms with Gasteiger partial charge in [-0.15, -0.1) is 0 Å². The Morgan fingerprint density at radius 3 is 2.55 bits per heavy atom. The number of fused-ring (bicyclic) bond motifs is 2. The van der Waals surface area contributed by atoms with Gasteiger partial charge in [-0.05, 0) is 49.3 Å². The van der Waals surface area contributed by atoms with E-state index in [1.165, 1.54) is 17.0 Å². The molecule has 2 amide bonds. The van der Waals surface area contributed by atoms with Gasteiger partial charge < -0.3 is 10.4 Å². The standard InChI is InChI=1S/C26H22ClF3N4O4/c27-17-5-11(28)6-19(30)23(17)34-10-16(26(38)31-20-8-18(29)13-1-2-14(13)20)24(37)15-3-4-21(32-25(15)34)33-9-12(35)7-22(33)36/h3-6,10,12-14,18,20,35H,1-2,7-9H2,(H,31,38)/t12-,13?,14?,18?,20?/m0/s1. The Morgan fingerprint density at radius 2 is 1.92 bits per heavy atom. The highest BCUT2D eigenvalue weighted by atomic mass is 35.5. The molecule has 1 aliphatic heterocycles. The third kappa shape index (κ3) is 3.95. The number of halogens is 4. The lowest BCUT2D eigenvalue weighted by atomic mass is 9.74. The summed E-state index contributed by atoms with van der Waals surface area (Å²) in [6, 6.07) is 3.78. The molecule has 12 heteroatoms. The average Bonchev–Trinajstić information content (AvgIpc) is 3.26. The first-order chi connectivity index (χ1) is 18.1. The quantitative estimate of drug-likeness (QED) is 0.523. The highest BCUT2D eigenvalue weighted by molar-refractivity contribution is 6.32. The van der Waals surface area contributed by atoms with Crippen LogP contribution in [0.2, 0.25) is 5.02 Å². The van der Waals surface area contributed by atoms with E-state index in [0.717, 1.165) is 29.7 Å². The number of aliphatic hydroxyl groups excluding tert-OH is 1. The Kier molecular flexibility index (Phi) is 5.95. The van der Waals surface area contributed by atoms with Gasteiger partial charge in [0.2, 0.25) is 11.3 Å². The number of anilines is 1. The van der Waals surface area contributed by atoms with Gasteiger partial charge >= 0.3 is 0 Å². The molecule has 38 heavy (non-hydrogen) atoms. The van der Waals surface area contributed by atoms with E-state index in [0.29, 0.717) is 6.07 Å². The van der Waals surface area contributed by atoms with Gasteiger partial charge in [-0.3, -0.25) is 23.9 Å². The minimum absolute atomic E-state index is 0.00167. The second kappa shape index (κ2) is 9.09. The molecule has 3 heterocycles. The molecule has 2 N–H and O–H groups in total. The second-order valence-corrected chi connectivity index (χ2v) is 10.5. The van der Waals surface area contributed by atoms with E-state index in [1.54, 1.807) is 0 Å². The lowest BCUT2D eigenvalue weighted by Crippen LogP contribution is -2.43. The molecular formula is C26H22ClF3N4O4. The largest absolute Gasteiger partial charge is 0.391 e. The van der Waals surface area contributed by atoms with Gasteiger partial charge in [0.1, 0.15) is 29.1 Å². The second-order valence-electron chi connectivity index (χ2n) is 10.1. The summed E-state index contributed by atoms with van der Waals surface area (Å²) in [6.45, 7) is -0.0210. The van der Waals surface area contributed by atoms with E-state index in [2.05, 4.69) is 10.3 Å². The van der Waals surface area contributed by atoms with Crippen molar-refractivity contribution in [2.45, 2.75) is 44.0 Å². The molecule has 2 saturated carbocycles. The summed E-state index contributed by atoms with van der Waals surface area (Å²) in [5.74, 6) is -3.15. The van der Waals surface area contributed by atoms with Crippen LogP contribution in [-0.4, -0.2) is 51.3 Å². The van der Waals surface area contributed by atoms with Crippen molar-refractivity contribution in [3.8, 4) is 5.69 Å². The normalized spacial score (nSPS) is 26.5. The van der Waals surface area contributed by atoms with E-state index in [9.17, 15) is 28.3 Å². The number of pyridine rings is 2. The van der Waals surface area contributed by atoms with E-state index >= 15 is 4.39 Å². The molecule has 5 atom stereocenters. The minimum atomic E-state index is -1.07. The molecule has 3 aliphatic rings. The zero-order chi connectivity index (χ0) is 26.9. The van der Waals surface area contributed by atoms with E-state index in [1.807, 2.05) is 0 Å². The van der Waals surface area contributed by atoms with Crippen molar-refractivity contribution in [1.82, 2.24) is 14.9 Å². The van der Waals surface area contributed by atoms with Crippen molar-refractivity contribution < 1.29 is 27.9 Å². The number of aliphatic hydroxyl groups is 1. The Hall–Kier alpha value is -3.44. The van der Waals surface area contributed by atoms with Gasteiger partial charge in [0.05, 0.1) is 29.5 Å². The number of hydrogen-bond acceptors (Lipinski definition) is 5. The Labute approximate surface area is 219 Å².